The Balaban J connectivity index is 2.80. The number of nitrogens with zero attached hydrogens (tertiary/aromatic N) is 1. The van der Waals surface area contributed by atoms with Crippen LogP contribution in [0.4, 0.5) is 0 Å². The third-order valence-corrected chi connectivity index (χ3v) is 2.94. The summed E-state index contributed by atoms with van der Waals surface area (Å²) >= 11 is 0. The van der Waals surface area contributed by atoms with E-state index in [-0.39, 0.29) is 24.6 Å². The molecule has 0 heterocycles. The van der Waals surface area contributed by atoms with Gasteiger partial charge in [-0.3, -0.25) is 9.59 Å². The molecule has 0 fully saturated rings. The number of carboxylic acid groups (broad SMARTS) is 1. The number of carbonyl (C=O) groups is 2. The molecule has 0 bridgehead atoms. The highest BCUT2D eigenvalue weighted by atomic mass is 16.4. The molecule has 114 valence electrons. The van der Waals surface area contributed by atoms with Gasteiger partial charge in [0.25, 0.3) is 0 Å². The SMILES string of the molecule is CC(C)(C)N(CCC(=O)O)C(=O)/C=C/c1ccc(O)cc1. The Morgan fingerprint density at radius 2 is 1.76 bits per heavy atom. The summed E-state index contributed by atoms with van der Waals surface area (Å²) in [4.78, 5) is 24.5. The maximum atomic E-state index is 12.2. The summed E-state index contributed by atoms with van der Waals surface area (Å²) in [6.07, 6.45) is 2.97. The molecule has 1 amide bonds. The summed E-state index contributed by atoms with van der Waals surface area (Å²) in [5.74, 6) is -1.01. The lowest BCUT2D eigenvalue weighted by molar-refractivity contribution is -0.139. The van der Waals surface area contributed by atoms with Crippen LogP contribution in [-0.4, -0.2) is 39.1 Å². The smallest absolute Gasteiger partial charge is 0.305 e. The second-order valence-electron chi connectivity index (χ2n) is 5.73. The number of rotatable bonds is 5. The number of phenolic OH excluding ortho intramolecular Hbond substituents is 1. The first-order valence-corrected chi connectivity index (χ1v) is 6.70. The summed E-state index contributed by atoms with van der Waals surface area (Å²) in [7, 11) is 0. The van der Waals surface area contributed by atoms with Gasteiger partial charge in [-0.05, 0) is 44.5 Å². The van der Waals surface area contributed by atoms with Crippen LogP contribution in [-0.2, 0) is 9.59 Å². The van der Waals surface area contributed by atoms with Gasteiger partial charge in [-0.15, -0.1) is 0 Å². The van der Waals surface area contributed by atoms with Crippen molar-refractivity contribution < 1.29 is 19.8 Å². The van der Waals surface area contributed by atoms with Crippen LogP contribution >= 0.6 is 0 Å². The molecule has 0 unspecified atom stereocenters. The largest absolute Gasteiger partial charge is 0.508 e. The fraction of sp³-hybridized carbons (Fsp3) is 0.375. The Morgan fingerprint density at radius 1 is 1.19 bits per heavy atom. The fourth-order valence-electron chi connectivity index (χ4n) is 1.83. The van der Waals surface area contributed by atoms with Gasteiger partial charge in [0.05, 0.1) is 6.42 Å². The topological polar surface area (TPSA) is 77.8 Å². The van der Waals surface area contributed by atoms with Gasteiger partial charge in [-0.2, -0.15) is 0 Å². The van der Waals surface area contributed by atoms with Crippen molar-refractivity contribution in [2.75, 3.05) is 6.54 Å². The van der Waals surface area contributed by atoms with Gasteiger partial charge in [0, 0.05) is 18.2 Å². The standard InChI is InChI=1S/C16H21NO4/c1-16(2,3)17(11-10-15(20)21)14(19)9-6-12-4-7-13(18)8-5-12/h4-9,18H,10-11H2,1-3H3,(H,20,21)/b9-6+. The van der Waals surface area contributed by atoms with Crippen molar-refractivity contribution in [2.24, 2.45) is 0 Å². The molecule has 0 radical (unpaired) electrons. The molecule has 1 rings (SSSR count). The van der Waals surface area contributed by atoms with Gasteiger partial charge in [-0.25, -0.2) is 0 Å². The molecule has 0 aliphatic heterocycles. The number of carboxylic acids is 1. The van der Waals surface area contributed by atoms with Crippen molar-refractivity contribution in [3.05, 3.63) is 35.9 Å². The van der Waals surface area contributed by atoms with Crippen LogP contribution in [0.2, 0.25) is 0 Å². The predicted molar refractivity (Wildman–Crippen MR) is 80.9 cm³/mol. The van der Waals surface area contributed by atoms with E-state index in [1.165, 1.54) is 23.1 Å². The Kier molecular flexibility index (Phi) is 5.52. The van der Waals surface area contributed by atoms with Gasteiger partial charge >= 0.3 is 5.97 Å². The van der Waals surface area contributed by atoms with Crippen LogP contribution in [0.15, 0.2) is 30.3 Å². The molecule has 5 nitrogen and oxygen atoms in total. The van der Waals surface area contributed by atoms with Crippen LogP contribution in [0.25, 0.3) is 6.08 Å². The molecule has 0 aromatic heterocycles. The molecular weight excluding hydrogens is 270 g/mol. The summed E-state index contributed by atoms with van der Waals surface area (Å²) in [5.41, 5.74) is 0.333. The van der Waals surface area contributed by atoms with E-state index in [1.54, 1.807) is 18.2 Å². The fourth-order valence-corrected chi connectivity index (χ4v) is 1.83. The molecule has 1 aromatic carbocycles. The van der Waals surface area contributed by atoms with E-state index in [1.807, 2.05) is 20.8 Å². The number of hydrogen-bond acceptors (Lipinski definition) is 3. The van der Waals surface area contributed by atoms with Crippen molar-refractivity contribution in [2.45, 2.75) is 32.7 Å². The van der Waals surface area contributed by atoms with E-state index in [2.05, 4.69) is 0 Å². The van der Waals surface area contributed by atoms with Gasteiger partial charge in [-0.1, -0.05) is 12.1 Å². The molecule has 0 aliphatic carbocycles. The highest BCUT2D eigenvalue weighted by molar-refractivity contribution is 5.92. The molecule has 0 atom stereocenters. The minimum absolute atomic E-state index is 0.0872. The van der Waals surface area contributed by atoms with E-state index in [0.717, 1.165) is 5.56 Å². The normalized spacial score (nSPS) is 11.6. The average molecular weight is 291 g/mol. The summed E-state index contributed by atoms with van der Waals surface area (Å²) in [6, 6.07) is 6.46. The Morgan fingerprint density at radius 3 is 2.24 bits per heavy atom. The summed E-state index contributed by atoms with van der Waals surface area (Å²) < 4.78 is 0. The monoisotopic (exact) mass is 291 g/mol. The average Bonchev–Trinajstić information content (AvgIpc) is 2.36. The second-order valence-corrected chi connectivity index (χ2v) is 5.73. The molecule has 0 spiro atoms. The van der Waals surface area contributed by atoms with Gasteiger partial charge < -0.3 is 15.1 Å². The van der Waals surface area contributed by atoms with Crippen LogP contribution in [0.3, 0.4) is 0 Å². The molecule has 0 saturated heterocycles. The number of aliphatic carboxylic acids is 1. The molecule has 0 saturated carbocycles. The highest BCUT2D eigenvalue weighted by Gasteiger charge is 2.25. The van der Waals surface area contributed by atoms with Gasteiger partial charge in [0.1, 0.15) is 5.75 Å². The van der Waals surface area contributed by atoms with Crippen molar-refractivity contribution in [3.63, 3.8) is 0 Å². The van der Waals surface area contributed by atoms with Gasteiger partial charge in [0.15, 0.2) is 0 Å². The third kappa shape index (κ3) is 5.69. The molecule has 2 N–H and O–H groups in total. The number of aromatic hydroxyl groups is 1. The highest BCUT2D eigenvalue weighted by Crippen LogP contribution is 2.16. The maximum absolute atomic E-state index is 12.2. The Hall–Kier alpha value is -2.30. The van der Waals surface area contributed by atoms with Crippen LogP contribution in [0.5, 0.6) is 5.75 Å². The van der Waals surface area contributed by atoms with Crippen LogP contribution < -0.4 is 0 Å². The van der Waals surface area contributed by atoms with E-state index in [0.29, 0.717) is 0 Å². The van der Waals surface area contributed by atoms with E-state index in [9.17, 15) is 14.7 Å². The van der Waals surface area contributed by atoms with Crippen molar-refractivity contribution >= 4 is 18.0 Å². The van der Waals surface area contributed by atoms with E-state index in [4.69, 9.17) is 5.11 Å². The molecule has 1 aromatic rings. The molecule has 21 heavy (non-hydrogen) atoms. The zero-order valence-corrected chi connectivity index (χ0v) is 12.5. The zero-order chi connectivity index (χ0) is 16.0. The Labute approximate surface area is 124 Å². The zero-order valence-electron chi connectivity index (χ0n) is 12.5. The van der Waals surface area contributed by atoms with E-state index < -0.39 is 11.5 Å². The van der Waals surface area contributed by atoms with Crippen LogP contribution in [0.1, 0.15) is 32.8 Å². The second kappa shape index (κ2) is 6.92. The first-order chi connectivity index (χ1) is 9.70. The number of phenols is 1. The summed E-state index contributed by atoms with van der Waals surface area (Å²) in [6.45, 7) is 5.75. The number of benzene rings is 1. The minimum Gasteiger partial charge on any atom is -0.508 e. The van der Waals surface area contributed by atoms with Gasteiger partial charge in [0.2, 0.25) is 5.91 Å². The Bertz CT molecular complexity index is 526. The van der Waals surface area contributed by atoms with Crippen molar-refractivity contribution in [1.82, 2.24) is 4.90 Å². The summed E-state index contributed by atoms with van der Waals surface area (Å²) in [5, 5.41) is 18.0. The number of carbonyl (C=O) groups excluding carboxylic acids is 1. The lowest BCUT2D eigenvalue weighted by Crippen LogP contribution is -2.45. The number of hydrogen-bond donors (Lipinski definition) is 2. The quantitative estimate of drug-likeness (QED) is 0.817. The van der Waals surface area contributed by atoms with E-state index >= 15 is 0 Å². The number of amides is 1. The molecular formula is C16H21NO4. The third-order valence-electron chi connectivity index (χ3n) is 2.94. The predicted octanol–water partition coefficient (Wildman–Crippen LogP) is 2.51. The maximum Gasteiger partial charge on any atom is 0.305 e. The lowest BCUT2D eigenvalue weighted by Gasteiger charge is -2.34. The molecule has 0 aliphatic rings. The minimum atomic E-state index is -0.931. The van der Waals surface area contributed by atoms with Crippen LogP contribution in [0, 0.1) is 0 Å². The van der Waals surface area contributed by atoms with Crippen molar-refractivity contribution in [1.29, 1.82) is 0 Å². The lowest BCUT2D eigenvalue weighted by atomic mass is 10.1. The van der Waals surface area contributed by atoms with Crippen molar-refractivity contribution in [3.8, 4) is 5.75 Å². The first kappa shape index (κ1) is 16.8. The first-order valence-electron chi connectivity index (χ1n) is 6.70. The molecule has 5 heteroatoms.